The minimum absolute atomic E-state index is 0.190. The lowest BCUT2D eigenvalue weighted by atomic mass is 10.2. The summed E-state index contributed by atoms with van der Waals surface area (Å²) < 4.78 is 25.5. The van der Waals surface area contributed by atoms with Gasteiger partial charge in [0.2, 0.25) is 5.91 Å². The highest BCUT2D eigenvalue weighted by atomic mass is 19.1. The molecular formula is C10H8F2NO3-. The molecule has 0 aliphatic heterocycles. The van der Waals surface area contributed by atoms with Gasteiger partial charge in [-0.05, 0) is 18.6 Å². The van der Waals surface area contributed by atoms with E-state index in [1.807, 2.05) is 0 Å². The van der Waals surface area contributed by atoms with Gasteiger partial charge in [0.25, 0.3) is 0 Å². The van der Waals surface area contributed by atoms with Crippen molar-refractivity contribution < 1.29 is 23.5 Å². The predicted octanol–water partition coefficient (Wildman–Crippen LogP) is 0.433. The van der Waals surface area contributed by atoms with Gasteiger partial charge in [-0.25, -0.2) is 8.78 Å². The van der Waals surface area contributed by atoms with Crippen LogP contribution in [0.5, 0.6) is 0 Å². The van der Waals surface area contributed by atoms with Gasteiger partial charge in [-0.2, -0.15) is 0 Å². The number of hydrogen-bond acceptors (Lipinski definition) is 3. The zero-order valence-electron chi connectivity index (χ0n) is 8.13. The van der Waals surface area contributed by atoms with Crippen LogP contribution in [-0.2, 0) is 9.59 Å². The molecule has 1 rings (SSSR count). The van der Waals surface area contributed by atoms with Crippen LogP contribution in [0, 0.1) is 11.6 Å². The molecule has 6 heteroatoms. The lowest BCUT2D eigenvalue weighted by Crippen LogP contribution is -2.24. The minimum atomic E-state index is -1.37. The van der Waals surface area contributed by atoms with E-state index in [1.165, 1.54) is 0 Å². The van der Waals surface area contributed by atoms with Crippen molar-refractivity contribution in [3.8, 4) is 0 Å². The van der Waals surface area contributed by atoms with Crippen LogP contribution in [0.25, 0.3) is 0 Å². The smallest absolute Gasteiger partial charge is 0.224 e. The zero-order valence-corrected chi connectivity index (χ0v) is 8.13. The maximum atomic E-state index is 13.0. The maximum absolute atomic E-state index is 13.0. The molecule has 1 aromatic rings. The molecule has 16 heavy (non-hydrogen) atoms. The standard InChI is InChI=1S/C10H9F2NO3/c11-6-1-2-8(7(12)5-6)13-9(14)3-4-10(15)16/h1-2,5H,3-4H2,(H,13,14)(H,15,16)/p-1. The van der Waals surface area contributed by atoms with Gasteiger partial charge < -0.3 is 15.2 Å². The Kier molecular flexibility index (Phi) is 3.93. The quantitative estimate of drug-likeness (QED) is 0.812. The van der Waals surface area contributed by atoms with Crippen molar-refractivity contribution in [3.63, 3.8) is 0 Å². The fraction of sp³-hybridized carbons (Fsp3) is 0.200. The molecule has 0 saturated heterocycles. The second-order valence-corrected chi connectivity index (χ2v) is 3.04. The van der Waals surface area contributed by atoms with Crippen molar-refractivity contribution >= 4 is 17.6 Å². The summed E-state index contributed by atoms with van der Waals surface area (Å²) in [6, 6.07) is 2.66. The number of carboxylic acid groups (broad SMARTS) is 1. The monoisotopic (exact) mass is 228 g/mol. The van der Waals surface area contributed by atoms with Crippen molar-refractivity contribution in [1.82, 2.24) is 0 Å². The molecule has 1 amide bonds. The van der Waals surface area contributed by atoms with Gasteiger partial charge in [0, 0.05) is 18.5 Å². The summed E-state index contributed by atoms with van der Waals surface area (Å²) in [5.74, 6) is -3.71. The summed E-state index contributed by atoms with van der Waals surface area (Å²) in [5, 5.41) is 12.2. The number of hydrogen-bond donors (Lipinski definition) is 1. The normalized spacial score (nSPS) is 9.88. The average Bonchev–Trinajstić information content (AvgIpc) is 2.19. The highest BCUT2D eigenvalue weighted by molar-refractivity contribution is 5.92. The molecule has 0 fully saturated rings. The van der Waals surface area contributed by atoms with E-state index in [0.29, 0.717) is 6.07 Å². The minimum Gasteiger partial charge on any atom is -0.550 e. The third kappa shape index (κ3) is 3.64. The van der Waals surface area contributed by atoms with Crippen molar-refractivity contribution in [2.75, 3.05) is 5.32 Å². The zero-order chi connectivity index (χ0) is 12.1. The van der Waals surface area contributed by atoms with Crippen LogP contribution in [0.4, 0.5) is 14.5 Å². The van der Waals surface area contributed by atoms with E-state index in [2.05, 4.69) is 5.32 Å². The number of carbonyl (C=O) groups excluding carboxylic acids is 2. The highest BCUT2D eigenvalue weighted by Gasteiger charge is 2.07. The van der Waals surface area contributed by atoms with Gasteiger partial charge in [0.05, 0.1) is 5.69 Å². The molecule has 0 heterocycles. The van der Waals surface area contributed by atoms with Gasteiger partial charge in [-0.15, -0.1) is 0 Å². The molecule has 1 N–H and O–H groups in total. The van der Waals surface area contributed by atoms with Crippen LogP contribution in [0.2, 0.25) is 0 Å². The Balaban J connectivity index is 2.59. The van der Waals surface area contributed by atoms with E-state index >= 15 is 0 Å². The Morgan fingerprint density at radius 3 is 2.50 bits per heavy atom. The molecule has 0 atom stereocenters. The summed E-state index contributed by atoms with van der Waals surface area (Å²) in [4.78, 5) is 21.1. The third-order valence-electron chi connectivity index (χ3n) is 1.76. The van der Waals surface area contributed by atoms with Crippen LogP contribution >= 0.6 is 0 Å². The first-order chi connectivity index (χ1) is 7.49. The summed E-state index contributed by atoms with van der Waals surface area (Å²) in [6.07, 6.45) is -0.770. The molecule has 0 bridgehead atoms. The Labute approximate surface area is 89.9 Å². The van der Waals surface area contributed by atoms with E-state index in [4.69, 9.17) is 0 Å². The Morgan fingerprint density at radius 1 is 1.25 bits per heavy atom. The summed E-state index contributed by atoms with van der Waals surface area (Å²) >= 11 is 0. The molecular weight excluding hydrogens is 220 g/mol. The molecule has 0 saturated carbocycles. The SMILES string of the molecule is O=C([O-])CCC(=O)Nc1ccc(F)cc1F. The van der Waals surface area contributed by atoms with Gasteiger partial charge in [-0.3, -0.25) is 4.79 Å². The Morgan fingerprint density at radius 2 is 1.94 bits per heavy atom. The number of aliphatic carboxylic acids is 1. The molecule has 86 valence electrons. The van der Waals surface area contributed by atoms with Crippen molar-refractivity contribution in [1.29, 1.82) is 0 Å². The van der Waals surface area contributed by atoms with E-state index in [-0.39, 0.29) is 12.1 Å². The van der Waals surface area contributed by atoms with E-state index in [0.717, 1.165) is 12.1 Å². The highest BCUT2D eigenvalue weighted by Crippen LogP contribution is 2.15. The van der Waals surface area contributed by atoms with E-state index in [9.17, 15) is 23.5 Å². The van der Waals surface area contributed by atoms with E-state index < -0.39 is 29.9 Å². The second kappa shape index (κ2) is 5.20. The first-order valence-corrected chi connectivity index (χ1v) is 4.44. The molecule has 1 aromatic carbocycles. The fourth-order valence-electron chi connectivity index (χ4n) is 1.02. The van der Waals surface area contributed by atoms with Crippen LogP contribution in [0.1, 0.15) is 12.8 Å². The van der Waals surface area contributed by atoms with Crippen molar-refractivity contribution in [2.45, 2.75) is 12.8 Å². The number of carboxylic acids is 1. The van der Waals surface area contributed by atoms with E-state index in [1.54, 1.807) is 0 Å². The molecule has 4 nitrogen and oxygen atoms in total. The number of halogens is 2. The van der Waals surface area contributed by atoms with Crippen LogP contribution < -0.4 is 10.4 Å². The Bertz CT molecular complexity index is 421. The average molecular weight is 228 g/mol. The summed E-state index contributed by atoms with van der Waals surface area (Å²) in [6.45, 7) is 0. The molecule has 0 radical (unpaired) electrons. The number of carbonyl (C=O) groups is 2. The lowest BCUT2D eigenvalue weighted by Gasteiger charge is -2.06. The van der Waals surface area contributed by atoms with Crippen LogP contribution in [-0.4, -0.2) is 11.9 Å². The van der Waals surface area contributed by atoms with Crippen molar-refractivity contribution in [3.05, 3.63) is 29.8 Å². The number of benzene rings is 1. The molecule has 0 aromatic heterocycles. The number of amides is 1. The first-order valence-electron chi connectivity index (χ1n) is 4.44. The van der Waals surface area contributed by atoms with Gasteiger partial charge in [-0.1, -0.05) is 0 Å². The molecule has 0 spiro atoms. The topological polar surface area (TPSA) is 69.2 Å². The van der Waals surface area contributed by atoms with Crippen molar-refractivity contribution in [2.24, 2.45) is 0 Å². The number of rotatable bonds is 4. The predicted molar refractivity (Wildman–Crippen MR) is 49.2 cm³/mol. The largest absolute Gasteiger partial charge is 0.550 e. The summed E-state index contributed by atoms with van der Waals surface area (Å²) in [7, 11) is 0. The van der Waals surface area contributed by atoms with Gasteiger partial charge >= 0.3 is 0 Å². The Hall–Kier alpha value is -1.98. The van der Waals surface area contributed by atoms with Gasteiger partial charge in [0.1, 0.15) is 11.6 Å². The molecule has 0 aliphatic carbocycles. The fourth-order valence-corrected chi connectivity index (χ4v) is 1.02. The van der Waals surface area contributed by atoms with Crippen LogP contribution in [0.3, 0.4) is 0 Å². The number of anilines is 1. The third-order valence-corrected chi connectivity index (χ3v) is 1.76. The second-order valence-electron chi connectivity index (χ2n) is 3.04. The summed E-state index contributed by atoms with van der Waals surface area (Å²) in [5.41, 5.74) is -0.190. The van der Waals surface area contributed by atoms with Crippen LogP contribution in [0.15, 0.2) is 18.2 Å². The lowest BCUT2D eigenvalue weighted by molar-refractivity contribution is -0.305. The van der Waals surface area contributed by atoms with Gasteiger partial charge in [0.15, 0.2) is 0 Å². The number of nitrogens with one attached hydrogen (secondary N) is 1. The molecule has 0 aliphatic rings. The first kappa shape index (κ1) is 12.1. The molecule has 0 unspecified atom stereocenters. The maximum Gasteiger partial charge on any atom is 0.224 e.